The normalized spacial score (nSPS) is 10.0. The number of halogens is 1. The predicted octanol–water partition coefficient (Wildman–Crippen LogP) is 2.39. The van der Waals surface area contributed by atoms with Gasteiger partial charge in [-0.1, -0.05) is 31.0 Å². The summed E-state index contributed by atoms with van der Waals surface area (Å²) < 4.78 is 0. The van der Waals surface area contributed by atoms with Crippen LogP contribution in [0.5, 0.6) is 0 Å². The lowest BCUT2D eigenvalue weighted by atomic mass is 10.1. The monoisotopic (exact) mass is 199 g/mol. The summed E-state index contributed by atoms with van der Waals surface area (Å²) in [6.07, 6.45) is 1.79. The van der Waals surface area contributed by atoms with Crippen LogP contribution in [0.15, 0.2) is 12.1 Å². The Morgan fingerprint density at radius 2 is 2.31 bits per heavy atom. The lowest BCUT2D eigenvalue weighted by Crippen LogP contribution is -2.01. The Morgan fingerprint density at radius 3 is 2.77 bits per heavy atom. The van der Waals surface area contributed by atoms with Crippen LogP contribution < -0.4 is 0 Å². The summed E-state index contributed by atoms with van der Waals surface area (Å²) in [5.74, 6) is -1.05. The molecule has 1 rings (SSSR count). The molecule has 1 aromatic rings. The maximum Gasteiger partial charge on any atom is 0.354 e. The zero-order valence-corrected chi connectivity index (χ0v) is 8.01. The van der Waals surface area contributed by atoms with Crippen molar-refractivity contribution in [3.63, 3.8) is 0 Å². The predicted molar refractivity (Wildman–Crippen MR) is 50.2 cm³/mol. The minimum Gasteiger partial charge on any atom is -0.477 e. The summed E-state index contributed by atoms with van der Waals surface area (Å²) in [7, 11) is 0. The van der Waals surface area contributed by atoms with Gasteiger partial charge in [0.05, 0.1) is 0 Å². The first kappa shape index (κ1) is 9.99. The SMILES string of the molecule is CCCc1ccc(C(=O)O)nc1Cl. The maximum absolute atomic E-state index is 10.5. The second-order valence-electron chi connectivity index (χ2n) is 2.70. The molecule has 1 heterocycles. The Kier molecular flexibility index (Phi) is 3.25. The molecule has 0 saturated heterocycles. The van der Waals surface area contributed by atoms with Crippen molar-refractivity contribution in [2.75, 3.05) is 0 Å². The summed E-state index contributed by atoms with van der Waals surface area (Å²) in [6, 6.07) is 3.18. The van der Waals surface area contributed by atoms with E-state index in [1.165, 1.54) is 6.07 Å². The number of rotatable bonds is 3. The van der Waals surface area contributed by atoms with E-state index < -0.39 is 5.97 Å². The molecule has 70 valence electrons. The summed E-state index contributed by atoms with van der Waals surface area (Å²) in [4.78, 5) is 14.3. The molecule has 1 aromatic heterocycles. The Balaban J connectivity index is 2.98. The molecule has 0 radical (unpaired) electrons. The van der Waals surface area contributed by atoms with Gasteiger partial charge in [0, 0.05) is 0 Å². The highest BCUT2D eigenvalue weighted by molar-refractivity contribution is 6.30. The third-order valence-electron chi connectivity index (χ3n) is 1.66. The molecular formula is C9H10ClNO2. The van der Waals surface area contributed by atoms with Gasteiger partial charge < -0.3 is 5.11 Å². The quantitative estimate of drug-likeness (QED) is 0.761. The van der Waals surface area contributed by atoms with Gasteiger partial charge in [-0.3, -0.25) is 0 Å². The van der Waals surface area contributed by atoms with Crippen molar-refractivity contribution < 1.29 is 9.90 Å². The molecule has 0 aromatic carbocycles. The molecule has 0 amide bonds. The number of hydrogen-bond acceptors (Lipinski definition) is 2. The molecule has 0 fully saturated rings. The van der Waals surface area contributed by atoms with Gasteiger partial charge in [0.1, 0.15) is 10.8 Å². The van der Waals surface area contributed by atoms with Crippen molar-refractivity contribution >= 4 is 17.6 Å². The fourth-order valence-corrected chi connectivity index (χ4v) is 1.29. The van der Waals surface area contributed by atoms with Crippen LogP contribution in [0.25, 0.3) is 0 Å². The van der Waals surface area contributed by atoms with Crippen molar-refractivity contribution in [3.05, 3.63) is 28.5 Å². The maximum atomic E-state index is 10.5. The molecule has 0 unspecified atom stereocenters. The van der Waals surface area contributed by atoms with Crippen LogP contribution in [0.4, 0.5) is 0 Å². The second-order valence-corrected chi connectivity index (χ2v) is 3.06. The highest BCUT2D eigenvalue weighted by Gasteiger charge is 2.07. The van der Waals surface area contributed by atoms with Crippen LogP contribution in [-0.2, 0) is 6.42 Å². The molecule has 0 atom stereocenters. The van der Waals surface area contributed by atoms with Crippen LogP contribution in [0, 0.1) is 0 Å². The van der Waals surface area contributed by atoms with Crippen molar-refractivity contribution in [2.24, 2.45) is 0 Å². The third-order valence-corrected chi connectivity index (χ3v) is 1.99. The smallest absolute Gasteiger partial charge is 0.354 e. The van der Waals surface area contributed by atoms with Crippen molar-refractivity contribution in [1.29, 1.82) is 0 Å². The average molecular weight is 200 g/mol. The van der Waals surface area contributed by atoms with Crippen LogP contribution >= 0.6 is 11.6 Å². The molecule has 0 aliphatic rings. The van der Waals surface area contributed by atoms with Gasteiger partial charge in [-0.25, -0.2) is 9.78 Å². The molecule has 0 bridgehead atoms. The van der Waals surface area contributed by atoms with Crippen LogP contribution in [0.2, 0.25) is 5.15 Å². The van der Waals surface area contributed by atoms with Crippen LogP contribution in [0.3, 0.4) is 0 Å². The Morgan fingerprint density at radius 1 is 1.62 bits per heavy atom. The first-order valence-electron chi connectivity index (χ1n) is 4.04. The fraction of sp³-hybridized carbons (Fsp3) is 0.333. The van der Waals surface area contributed by atoms with Gasteiger partial charge in [-0.05, 0) is 18.1 Å². The van der Waals surface area contributed by atoms with E-state index in [1.807, 2.05) is 6.92 Å². The number of carboxylic acid groups (broad SMARTS) is 1. The number of aromatic nitrogens is 1. The molecule has 0 spiro atoms. The van der Waals surface area contributed by atoms with E-state index in [4.69, 9.17) is 16.7 Å². The fourth-order valence-electron chi connectivity index (χ4n) is 1.04. The van der Waals surface area contributed by atoms with E-state index in [2.05, 4.69) is 4.98 Å². The molecule has 4 heteroatoms. The van der Waals surface area contributed by atoms with Gasteiger partial charge in [-0.2, -0.15) is 0 Å². The minimum atomic E-state index is -1.05. The highest BCUT2D eigenvalue weighted by atomic mass is 35.5. The largest absolute Gasteiger partial charge is 0.477 e. The minimum absolute atomic E-state index is 0.00940. The second kappa shape index (κ2) is 4.23. The summed E-state index contributed by atoms with van der Waals surface area (Å²) in [6.45, 7) is 2.03. The number of hydrogen-bond donors (Lipinski definition) is 1. The molecular weight excluding hydrogens is 190 g/mol. The van der Waals surface area contributed by atoms with Gasteiger partial charge in [0.2, 0.25) is 0 Å². The average Bonchev–Trinajstić information content (AvgIpc) is 2.08. The van der Waals surface area contributed by atoms with E-state index in [-0.39, 0.29) is 5.69 Å². The van der Waals surface area contributed by atoms with E-state index in [1.54, 1.807) is 6.07 Å². The third kappa shape index (κ3) is 2.42. The molecule has 1 N–H and O–H groups in total. The van der Waals surface area contributed by atoms with Crippen LogP contribution in [0.1, 0.15) is 29.4 Å². The zero-order chi connectivity index (χ0) is 9.84. The van der Waals surface area contributed by atoms with Gasteiger partial charge in [0.15, 0.2) is 0 Å². The van der Waals surface area contributed by atoms with Crippen LogP contribution in [-0.4, -0.2) is 16.1 Å². The van der Waals surface area contributed by atoms with Crippen molar-refractivity contribution in [3.8, 4) is 0 Å². The first-order valence-corrected chi connectivity index (χ1v) is 4.41. The number of carbonyl (C=O) groups is 1. The topological polar surface area (TPSA) is 50.2 Å². The van der Waals surface area contributed by atoms with Crippen molar-refractivity contribution in [2.45, 2.75) is 19.8 Å². The molecule has 0 aliphatic heterocycles. The molecule has 3 nitrogen and oxygen atoms in total. The molecule has 0 saturated carbocycles. The molecule has 0 aliphatic carbocycles. The lowest BCUT2D eigenvalue weighted by molar-refractivity contribution is 0.0690. The molecule has 13 heavy (non-hydrogen) atoms. The summed E-state index contributed by atoms with van der Waals surface area (Å²) in [5, 5.41) is 8.90. The van der Waals surface area contributed by atoms with Crippen molar-refractivity contribution in [1.82, 2.24) is 4.98 Å². The van der Waals surface area contributed by atoms with E-state index in [0.29, 0.717) is 5.15 Å². The number of pyridine rings is 1. The van der Waals surface area contributed by atoms with Gasteiger partial charge >= 0.3 is 5.97 Å². The number of aromatic carboxylic acids is 1. The van der Waals surface area contributed by atoms with E-state index >= 15 is 0 Å². The Bertz CT molecular complexity index is 325. The number of aryl methyl sites for hydroxylation is 1. The van der Waals surface area contributed by atoms with E-state index in [9.17, 15) is 4.79 Å². The van der Waals surface area contributed by atoms with Gasteiger partial charge in [0.25, 0.3) is 0 Å². The Hall–Kier alpha value is -1.09. The number of carboxylic acids is 1. The number of nitrogens with zero attached hydrogens (tertiary/aromatic N) is 1. The lowest BCUT2D eigenvalue weighted by Gasteiger charge is -2.01. The standard InChI is InChI=1S/C9H10ClNO2/c1-2-3-6-4-5-7(9(12)13)11-8(6)10/h4-5H,2-3H2,1H3,(H,12,13). The highest BCUT2D eigenvalue weighted by Crippen LogP contribution is 2.15. The summed E-state index contributed by atoms with van der Waals surface area (Å²) in [5.41, 5.74) is 0.888. The summed E-state index contributed by atoms with van der Waals surface area (Å²) >= 11 is 5.78. The van der Waals surface area contributed by atoms with Gasteiger partial charge in [-0.15, -0.1) is 0 Å². The zero-order valence-electron chi connectivity index (χ0n) is 7.25. The van der Waals surface area contributed by atoms with E-state index in [0.717, 1.165) is 18.4 Å². The first-order chi connectivity index (χ1) is 6.15. The Labute approximate surface area is 81.4 Å².